The number of esters is 1. The Morgan fingerprint density at radius 3 is 2.69 bits per heavy atom. The van der Waals surface area contributed by atoms with Crippen LogP contribution in [-0.4, -0.2) is 53.8 Å². The van der Waals surface area contributed by atoms with E-state index < -0.39 is 42.2 Å². The van der Waals surface area contributed by atoms with Crippen LogP contribution >= 0.6 is 0 Å². The molecule has 0 saturated carbocycles. The van der Waals surface area contributed by atoms with Crippen LogP contribution < -0.4 is 20.1 Å². The van der Waals surface area contributed by atoms with Crippen molar-refractivity contribution in [1.29, 1.82) is 0 Å². The van der Waals surface area contributed by atoms with Crippen molar-refractivity contribution in [3.63, 3.8) is 0 Å². The fraction of sp³-hybridized carbons (Fsp3) is 0.391. The van der Waals surface area contributed by atoms with Crippen molar-refractivity contribution in [2.24, 2.45) is 5.92 Å². The smallest absolute Gasteiger partial charge is 0.464 e. The second-order valence-corrected chi connectivity index (χ2v) is 8.06. The monoisotopic (exact) mass is 490 g/mol. The average molecular weight is 490 g/mol. The largest absolute Gasteiger partial charge is 0.586 e. The van der Waals surface area contributed by atoms with Gasteiger partial charge in [0.25, 0.3) is 0 Å². The first-order valence-electron chi connectivity index (χ1n) is 11.0. The molecule has 3 amide bonds. The lowest BCUT2D eigenvalue weighted by Gasteiger charge is -2.44. The lowest BCUT2D eigenvalue weighted by atomic mass is 9.82. The van der Waals surface area contributed by atoms with Gasteiger partial charge in [-0.1, -0.05) is 6.07 Å². The first kappa shape index (κ1) is 24.2. The number of likely N-dealkylation sites (tertiary alicyclic amines) is 1. The molecule has 2 aliphatic rings. The van der Waals surface area contributed by atoms with Crippen LogP contribution in [0.2, 0.25) is 0 Å². The molecule has 1 saturated heterocycles. The van der Waals surface area contributed by atoms with Crippen LogP contribution in [0.15, 0.2) is 36.5 Å². The third-order valence-corrected chi connectivity index (χ3v) is 5.76. The lowest BCUT2D eigenvalue weighted by Crippen LogP contribution is -2.69. The molecular weight excluding hydrogens is 466 g/mol. The molecule has 1 aromatic heterocycles. The van der Waals surface area contributed by atoms with Gasteiger partial charge >= 0.3 is 18.3 Å². The maximum Gasteiger partial charge on any atom is 0.586 e. The third kappa shape index (κ3) is 4.81. The van der Waals surface area contributed by atoms with Crippen molar-refractivity contribution in [2.75, 3.05) is 19.0 Å². The SMILES string of the molecule is CCOC(=O)[C@@H]1[C@@H](Cc2ccnc(NC)c2)C(=O)N1C(=O)N[C@H](C)c1ccc2c(c1)OC(F)(F)O2. The molecule has 2 aliphatic heterocycles. The van der Waals surface area contributed by atoms with Crippen molar-refractivity contribution in [3.05, 3.63) is 47.7 Å². The van der Waals surface area contributed by atoms with Crippen LogP contribution in [0, 0.1) is 5.92 Å². The van der Waals surface area contributed by atoms with Crippen LogP contribution in [0.4, 0.5) is 19.4 Å². The van der Waals surface area contributed by atoms with Gasteiger partial charge in [-0.2, -0.15) is 0 Å². The molecule has 2 aromatic rings. The Labute approximate surface area is 199 Å². The van der Waals surface area contributed by atoms with Crippen LogP contribution in [0.5, 0.6) is 11.5 Å². The zero-order valence-electron chi connectivity index (χ0n) is 19.2. The highest BCUT2D eigenvalue weighted by atomic mass is 19.3. The minimum absolute atomic E-state index is 0.0864. The number of imide groups is 1. The summed E-state index contributed by atoms with van der Waals surface area (Å²) in [6.45, 7) is 3.32. The minimum Gasteiger partial charge on any atom is -0.464 e. The van der Waals surface area contributed by atoms with Crippen molar-refractivity contribution >= 4 is 23.7 Å². The fourth-order valence-corrected chi connectivity index (χ4v) is 4.04. The topological polar surface area (TPSA) is 119 Å². The van der Waals surface area contributed by atoms with Crippen molar-refractivity contribution in [2.45, 2.75) is 38.6 Å². The highest BCUT2D eigenvalue weighted by Crippen LogP contribution is 2.42. The van der Waals surface area contributed by atoms with Crippen molar-refractivity contribution in [3.8, 4) is 11.5 Å². The summed E-state index contributed by atoms with van der Waals surface area (Å²) >= 11 is 0. The second kappa shape index (κ2) is 9.35. The molecule has 12 heteroatoms. The van der Waals surface area contributed by atoms with Gasteiger partial charge in [-0.3, -0.25) is 4.79 Å². The van der Waals surface area contributed by atoms with Gasteiger partial charge in [-0.25, -0.2) is 19.5 Å². The number of anilines is 1. The molecule has 35 heavy (non-hydrogen) atoms. The summed E-state index contributed by atoms with van der Waals surface area (Å²) in [7, 11) is 1.71. The Morgan fingerprint density at radius 1 is 1.23 bits per heavy atom. The number of rotatable bonds is 7. The molecule has 186 valence electrons. The molecule has 0 spiro atoms. The number of halogens is 2. The maximum absolute atomic E-state index is 13.3. The number of amides is 3. The number of β-lactam (4-membered cyclic amide) rings is 1. The van der Waals surface area contributed by atoms with E-state index in [0.29, 0.717) is 11.4 Å². The Morgan fingerprint density at radius 2 is 1.97 bits per heavy atom. The molecule has 2 N–H and O–H groups in total. The standard InChI is InChI=1S/C23H24F2N4O6/c1-4-33-21(31)19-15(9-13-7-8-27-18(10-13)26-3)20(30)29(19)22(32)28-12(2)14-5-6-16-17(11-14)35-23(24,25)34-16/h5-8,10-12,15,19H,4,9H2,1-3H3,(H,26,27)(H,28,32)/t12-,15-,19+/m1/s1. The number of ether oxygens (including phenoxy) is 3. The third-order valence-electron chi connectivity index (χ3n) is 5.76. The van der Waals surface area contributed by atoms with Crippen LogP contribution in [0.3, 0.4) is 0 Å². The molecule has 0 radical (unpaired) electrons. The number of hydrogen-bond acceptors (Lipinski definition) is 8. The quantitative estimate of drug-likeness (QED) is 0.449. The molecule has 10 nitrogen and oxygen atoms in total. The van der Waals surface area contributed by atoms with Gasteiger partial charge < -0.3 is 24.8 Å². The summed E-state index contributed by atoms with van der Waals surface area (Å²) in [5.41, 5.74) is 1.20. The fourth-order valence-electron chi connectivity index (χ4n) is 4.04. The first-order chi connectivity index (χ1) is 16.6. The Hall–Kier alpha value is -3.96. The highest BCUT2D eigenvalue weighted by molar-refractivity contribution is 6.08. The minimum atomic E-state index is -3.76. The van der Waals surface area contributed by atoms with Crippen molar-refractivity contribution in [1.82, 2.24) is 15.2 Å². The van der Waals surface area contributed by atoms with E-state index in [-0.39, 0.29) is 24.5 Å². The van der Waals surface area contributed by atoms with Gasteiger partial charge in [0.05, 0.1) is 18.6 Å². The number of nitrogens with zero attached hydrogens (tertiary/aromatic N) is 2. The number of alkyl halides is 2. The zero-order chi connectivity index (χ0) is 25.3. The van der Waals surface area contributed by atoms with Gasteiger partial charge in [-0.15, -0.1) is 8.78 Å². The molecule has 0 aliphatic carbocycles. The van der Waals surface area contributed by atoms with Gasteiger partial charge in [0.15, 0.2) is 17.5 Å². The van der Waals surface area contributed by atoms with E-state index in [2.05, 4.69) is 25.1 Å². The molecule has 0 unspecified atom stereocenters. The summed E-state index contributed by atoms with van der Waals surface area (Å²) in [5, 5.41) is 5.53. The predicted molar refractivity (Wildman–Crippen MR) is 118 cm³/mol. The maximum atomic E-state index is 13.3. The van der Waals surface area contributed by atoms with Crippen LogP contribution in [0.1, 0.15) is 31.0 Å². The average Bonchev–Trinajstić information content (AvgIpc) is 3.13. The Kier molecular flexibility index (Phi) is 6.46. The summed E-state index contributed by atoms with van der Waals surface area (Å²) < 4.78 is 40.5. The Bertz CT molecular complexity index is 1160. The van der Waals surface area contributed by atoms with Crippen LogP contribution in [-0.2, 0) is 20.7 Å². The van der Waals surface area contributed by atoms with Crippen molar-refractivity contribution < 1.29 is 37.4 Å². The van der Waals surface area contributed by atoms with E-state index in [4.69, 9.17) is 4.74 Å². The second-order valence-electron chi connectivity index (χ2n) is 8.06. The lowest BCUT2D eigenvalue weighted by molar-refractivity contribution is -0.286. The summed E-state index contributed by atoms with van der Waals surface area (Å²) in [6, 6.07) is 4.98. The Balaban J connectivity index is 1.48. The number of pyridine rings is 1. The first-order valence-corrected chi connectivity index (χ1v) is 11.0. The van der Waals surface area contributed by atoms with Gasteiger partial charge in [0.2, 0.25) is 5.91 Å². The predicted octanol–water partition coefficient (Wildman–Crippen LogP) is 2.85. The molecule has 4 rings (SSSR count). The van der Waals surface area contributed by atoms with E-state index in [1.54, 1.807) is 39.2 Å². The highest BCUT2D eigenvalue weighted by Gasteiger charge is 2.55. The number of hydrogen-bond donors (Lipinski definition) is 2. The molecule has 1 fully saturated rings. The number of nitrogens with one attached hydrogen (secondary N) is 2. The number of benzene rings is 1. The number of fused-ring (bicyclic) bond motifs is 1. The molecule has 3 atom stereocenters. The van der Waals surface area contributed by atoms with E-state index in [1.807, 2.05) is 0 Å². The zero-order valence-corrected chi connectivity index (χ0v) is 19.2. The van der Waals surface area contributed by atoms with E-state index in [1.165, 1.54) is 18.2 Å². The summed E-state index contributed by atoms with van der Waals surface area (Å²) in [5.74, 6) is -1.69. The van der Waals surface area contributed by atoms with Gasteiger partial charge in [-0.05, 0) is 55.7 Å². The molecular formula is C23H24F2N4O6. The summed E-state index contributed by atoms with van der Waals surface area (Å²) in [4.78, 5) is 43.5. The molecule has 3 heterocycles. The number of urea groups is 1. The van der Waals surface area contributed by atoms with Crippen LogP contribution in [0.25, 0.3) is 0 Å². The van der Waals surface area contributed by atoms with Gasteiger partial charge in [0, 0.05) is 13.2 Å². The van der Waals surface area contributed by atoms with E-state index in [9.17, 15) is 23.2 Å². The van der Waals surface area contributed by atoms with Gasteiger partial charge in [0.1, 0.15) is 5.82 Å². The molecule has 1 aromatic carbocycles. The number of carbonyl (C=O) groups is 3. The van der Waals surface area contributed by atoms with E-state index in [0.717, 1.165) is 10.5 Å². The number of carbonyl (C=O) groups excluding carboxylic acids is 3. The number of aromatic nitrogens is 1. The normalized spacial score (nSPS) is 20.6. The van der Waals surface area contributed by atoms with E-state index >= 15 is 0 Å². The molecule has 0 bridgehead atoms. The summed E-state index contributed by atoms with van der Waals surface area (Å²) in [6.07, 6.45) is -1.96.